The van der Waals surface area contributed by atoms with Gasteiger partial charge in [-0.05, 0) is 31.0 Å². The Labute approximate surface area is 116 Å². The molecule has 0 radical (unpaired) electrons. The summed E-state index contributed by atoms with van der Waals surface area (Å²) in [5, 5.41) is 16.7. The van der Waals surface area contributed by atoms with E-state index in [4.69, 9.17) is 9.26 Å². The van der Waals surface area contributed by atoms with Crippen LogP contribution in [-0.2, 0) is 0 Å². The Kier molecular flexibility index (Phi) is 3.42. The summed E-state index contributed by atoms with van der Waals surface area (Å²) in [4.78, 5) is 4.40. The van der Waals surface area contributed by atoms with E-state index in [1.807, 2.05) is 25.1 Å². The van der Waals surface area contributed by atoms with Crippen LogP contribution in [0.3, 0.4) is 0 Å². The lowest BCUT2D eigenvalue weighted by molar-refractivity contribution is 0.191. The number of aryl methyl sites for hydroxylation is 1. The molecule has 1 aliphatic rings. The summed E-state index contributed by atoms with van der Waals surface area (Å²) in [6, 6.07) is 5.75. The smallest absolute Gasteiger partial charge is 0.244 e. The zero-order valence-electron chi connectivity index (χ0n) is 11.5. The monoisotopic (exact) mass is 275 g/mol. The zero-order valence-corrected chi connectivity index (χ0v) is 11.5. The molecule has 1 aromatic carbocycles. The molecule has 0 spiro atoms. The van der Waals surface area contributed by atoms with Gasteiger partial charge in [-0.3, -0.25) is 0 Å². The second kappa shape index (κ2) is 5.22. The number of nitrogens with zero attached hydrogens (tertiary/aromatic N) is 2. The minimum Gasteiger partial charge on any atom is -0.496 e. The predicted octanol–water partition coefficient (Wildman–Crippen LogP) is 1.45. The van der Waals surface area contributed by atoms with E-state index in [1.165, 1.54) is 0 Å². The third-order valence-electron chi connectivity index (χ3n) is 3.45. The third kappa shape index (κ3) is 2.39. The fourth-order valence-corrected chi connectivity index (χ4v) is 2.37. The first kappa shape index (κ1) is 13.1. The lowest BCUT2D eigenvalue weighted by atomic mass is 10.1. The Balaban J connectivity index is 1.90. The minimum atomic E-state index is -0.357. The van der Waals surface area contributed by atoms with Crippen LogP contribution in [-0.4, -0.2) is 35.0 Å². The molecule has 2 atom stereocenters. The highest BCUT2D eigenvalue weighted by Crippen LogP contribution is 2.30. The molecule has 3 rings (SSSR count). The maximum absolute atomic E-state index is 9.53. The van der Waals surface area contributed by atoms with Gasteiger partial charge in [0.25, 0.3) is 0 Å². The Bertz CT molecular complexity index is 611. The van der Waals surface area contributed by atoms with E-state index < -0.39 is 0 Å². The second-order valence-corrected chi connectivity index (χ2v) is 5.01. The average Bonchev–Trinajstić information content (AvgIpc) is 3.07. The highest BCUT2D eigenvalue weighted by Gasteiger charge is 2.28. The molecule has 6 nitrogen and oxygen atoms in total. The van der Waals surface area contributed by atoms with Gasteiger partial charge in [-0.1, -0.05) is 11.2 Å². The van der Waals surface area contributed by atoms with Crippen molar-refractivity contribution in [3.63, 3.8) is 0 Å². The number of aliphatic hydroxyl groups is 1. The molecule has 2 aromatic rings. The number of hydrogen-bond donors (Lipinski definition) is 2. The van der Waals surface area contributed by atoms with Crippen molar-refractivity contribution in [3.05, 3.63) is 29.7 Å². The number of aliphatic hydroxyl groups excluding tert-OH is 1. The van der Waals surface area contributed by atoms with Gasteiger partial charge < -0.3 is 19.7 Å². The highest BCUT2D eigenvalue weighted by molar-refractivity contribution is 5.64. The number of ether oxygens (including phenoxy) is 1. The summed E-state index contributed by atoms with van der Waals surface area (Å²) in [7, 11) is 1.62. The zero-order chi connectivity index (χ0) is 14.1. The normalized spacial score (nSPS) is 22.1. The van der Waals surface area contributed by atoms with Crippen LogP contribution < -0.4 is 10.1 Å². The largest absolute Gasteiger partial charge is 0.496 e. The minimum absolute atomic E-state index is 0.0808. The van der Waals surface area contributed by atoms with Crippen molar-refractivity contribution in [1.29, 1.82) is 0 Å². The van der Waals surface area contributed by atoms with Gasteiger partial charge >= 0.3 is 0 Å². The molecule has 0 bridgehead atoms. The van der Waals surface area contributed by atoms with E-state index in [0.29, 0.717) is 24.7 Å². The van der Waals surface area contributed by atoms with Crippen LogP contribution in [0.1, 0.15) is 23.9 Å². The SMILES string of the molecule is COc1cc(C)ccc1-c1noc([C@@H]2CC(O)CN2)n1. The van der Waals surface area contributed by atoms with Crippen molar-refractivity contribution in [1.82, 2.24) is 15.5 Å². The molecule has 2 N–H and O–H groups in total. The summed E-state index contributed by atoms with van der Waals surface area (Å²) >= 11 is 0. The topological polar surface area (TPSA) is 80.4 Å². The summed E-state index contributed by atoms with van der Waals surface area (Å²) in [6.45, 7) is 2.55. The molecule has 1 aliphatic heterocycles. The maximum atomic E-state index is 9.53. The van der Waals surface area contributed by atoms with Gasteiger partial charge in [-0.15, -0.1) is 0 Å². The summed E-state index contributed by atoms with van der Waals surface area (Å²) in [6.07, 6.45) is 0.233. The van der Waals surface area contributed by atoms with Crippen LogP contribution in [0.2, 0.25) is 0 Å². The van der Waals surface area contributed by atoms with E-state index in [2.05, 4.69) is 15.5 Å². The van der Waals surface area contributed by atoms with Crippen LogP contribution in [0.5, 0.6) is 5.75 Å². The molecule has 0 saturated carbocycles. The van der Waals surface area contributed by atoms with Crippen LogP contribution in [0.15, 0.2) is 22.7 Å². The quantitative estimate of drug-likeness (QED) is 0.882. The van der Waals surface area contributed by atoms with Gasteiger partial charge in [0.05, 0.1) is 24.8 Å². The number of methoxy groups -OCH3 is 1. The van der Waals surface area contributed by atoms with Gasteiger partial charge in [0.15, 0.2) is 0 Å². The Morgan fingerprint density at radius 1 is 1.45 bits per heavy atom. The van der Waals surface area contributed by atoms with Gasteiger partial charge in [-0.25, -0.2) is 0 Å². The van der Waals surface area contributed by atoms with Gasteiger partial charge in [0.2, 0.25) is 11.7 Å². The molecule has 1 saturated heterocycles. The highest BCUT2D eigenvalue weighted by atomic mass is 16.5. The lowest BCUT2D eigenvalue weighted by Crippen LogP contribution is -2.15. The Morgan fingerprint density at radius 2 is 2.30 bits per heavy atom. The number of aromatic nitrogens is 2. The van der Waals surface area contributed by atoms with Gasteiger partial charge in [-0.2, -0.15) is 4.98 Å². The van der Waals surface area contributed by atoms with Crippen molar-refractivity contribution < 1.29 is 14.4 Å². The second-order valence-electron chi connectivity index (χ2n) is 5.01. The number of nitrogens with one attached hydrogen (secondary N) is 1. The summed E-state index contributed by atoms with van der Waals surface area (Å²) < 4.78 is 10.6. The van der Waals surface area contributed by atoms with Crippen LogP contribution in [0.4, 0.5) is 0 Å². The van der Waals surface area contributed by atoms with E-state index in [1.54, 1.807) is 7.11 Å². The first-order valence-corrected chi connectivity index (χ1v) is 6.57. The molecule has 20 heavy (non-hydrogen) atoms. The van der Waals surface area contributed by atoms with Gasteiger partial charge in [0.1, 0.15) is 5.75 Å². The average molecular weight is 275 g/mol. The Hall–Kier alpha value is -1.92. The van der Waals surface area contributed by atoms with E-state index >= 15 is 0 Å². The first-order chi connectivity index (χ1) is 9.67. The van der Waals surface area contributed by atoms with Crippen molar-refractivity contribution in [3.8, 4) is 17.1 Å². The van der Waals surface area contributed by atoms with Crippen molar-refractivity contribution in [2.24, 2.45) is 0 Å². The molecule has 0 amide bonds. The fourth-order valence-electron chi connectivity index (χ4n) is 2.37. The van der Waals surface area contributed by atoms with Crippen LogP contribution in [0, 0.1) is 6.92 Å². The molecular formula is C14H17N3O3. The molecule has 2 heterocycles. The van der Waals surface area contributed by atoms with E-state index in [-0.39, 0.29) is 12.1 Å². The van der Waals surface area contributed by atoms with Crippen LogP contribution in [0.25, 0.3) is 11.4 Å². The molecule has 0 aliphatic carbocycles. The van der Waals surface area contributed by atoms with Gasteiger partial charge in [0, 0.05) is 6.54 Å². The Morgan fingerprint density at radius 3 is 3.00 bits per heavy atom. The number of rotatable bonds is 3. The molecule has 6 heteroatoms. The number of β-amino-alcohol motifs (C(OH)–C–C–N with tert-alkyl or cyclic N) is 1. The maximum Gasteiger partial charge on any atom is 0.244 e. The molecule has 1 aromatic heterocycles. The number of hydrogen-bond acceptors (Lipinski definition) is 6. The lowest BCUT2D eigenvalue weighted by Gasteiger charge is -2.05. The molecule has 1 unspecified atom stereocenters. The first-order valence-electron chi connectivity index (χ1n) is 6.57. The molecule has 106 valence electrons. The van der Waals surface area contributed by atoms with Crippen molar-refractivity contribution >= 4 is 0 Å². The summed E-state index contributed by atoms with van der Waals surface area (Å²) in [5.74, 6) is 1.72. The number of benzene rings is 1. The fraction of sp³-hybridized carbons (Fsp3) is 0.429. The van der Waals surface area contributed by atoms with E-state index in [9.17, 15) is 5.11 Å². The molecular weight excluding hydrogens is 258 g/mol. The van der Waals surface area contributed by atoms with Crippen molar-refractivity contribution in [2.45, 2.75) is 25.5 Å². The van der Waals surface area contributed by atoms with Crippen molar-refractivity contribution in [2.75, 3.05) is 13.7 Å². The predicted molar refractivity (Wildman–Crippen MR) is 72.4 cm³/mol. The standard InChI is InChI=1S/C14H17N3O3/c1-8-3-4-10(12(5-8)19-2)13-16-14(20-17-13)11-6-9(18)7-15-11/h3-5,9,11,15,18H,6-7H2,1-2H3/t9?,11-/m0/s1. The van der Waals surface area contributed by atoms with E-state index in [0.717, 1.165) is 16.9 Å². The molecule has 1 fully saturated rings. The third-order valence-corrected chi connectivity index (χ3v) is 3.45. The summed E-state index contributed by atoms with van der Waals surface area (Å²) in [5.41, 5.74) is 1.90. The van der Waals surface area contributed by atoms with Crippen LogP contribution >= 0.6 is 0 Å².